The minimum atomic E-state index is -4.20. The predicted octanol–water partition coefficient (Wildman–Crippen LogP) is 2.54. The van der Waals surface area contributed by atoms with Crippen molar-refractivity contribution >= 4 is 16.0 Å². The summed E-state index contributed by atoms with van der Waals surface area (Å²) >= 11 is 0. The lowest BCUT2D eigenvalue weighted by molar-refractivity contribution is 0.0691. The lowest BCUT2D eigenvalue weighted by atomic mass is 10.0. The Labute approximate surface area is 143 Å². The Morgan fingerprint density at radius 1 is 1.32 bits per heavy atom. The van der Waals surface area contributed by atoms with Crippen LogP contribution in [-0.2, 0) is 10.0 Å². The van der Waals surface area contributed by atoms with E-state index in [1.807, 2.05) is 0 Å². The van der Waals surface area contributed by atoms with Crippen molar-refractivity contribution in [2.45, 2.75) is 31.2 Å². The topological polar surface area (TPSA) is 106 Å². The summed E-state index contributed by atoms with van der Waals surface area (Å²) in [7, 11) is -4.20. The van der Waals surface area contributed by atoms with Gasteiger partial charge < -0.3 is 14.3 Å². The molecule has 2 heterocycles. The highest BCUT2D eigenvalue weighted by Gasteiger charge is 2.34. The maximum atomic E-state index is 13.5. The van der Waals surface area contributed by atoms with Crippen molar-refractivity contribution in [1.82, 2.24) is 4.72 Å². The summed E-state index contributed by atoms with van der Waals surface area (Å²) in [6.07, 6.45) is 0.286. The molecule has 0 radical (unpaired) electrons. The molecule has 1 aromatic carbocycles. The normalized spacial score (nSPS) is 17.0. The monoisotopic (exact) mass is 369 g/mol. The fourth-order valence-corrected chi connectivity index (χ4v) is 4.63. The minimum absolute atomic E-state index is 0.00352. The zero-order valence-corrected chi connectivity index (χ0v) is 14.3. The zero-order valence-electron chi connectivity index (χ0n) is 13.5. The number of benzene rings is 1. The van der Waals surface area contributed by atoms with E-state index in [0.29, 0.717) is 11.3 Å². The van der Waals surface area contributed by atoms with E-state index < -0.39 is 38.3 Å². The molecule has 1 aromatic heterocycles. The quantitative estimate of drug-likeness (QED) is 0.858. The number of aryl methyl sites for hydroxylation is 2. The predicted molar refractivity (Wildman–Crippen MR) is 84.7 cm³/mol. The Kier molecular flexibility index (Phi) is 4.29. The number of carboxylic acids is 1. The van der Waals surface area contributed by atoms with Crippen LogP contribution in [0.15, 0.2) is 27.5 Å². The standard InChI is InChI=1S/C16H16FNO6S/c1-8-14(16(19)20)15(9(2)24-8)25(21,22)18-12-5-6-23-13-4-3-10(17)7-11(12)13/h3-4,7,12,18H,5-6H2,1-2H3,(H,19,20). The molecule has 25 heavy (non-hydrogen) atoms. The highest BCUT2D eigenvalue weighted by Crippen LogP contribution is 2.35. The molecule has 2 N–H and O–H groups in total. The van der Waals surface area contributed by atoms with E-state index in [2.05, 4.69) is 4.72 Å². The molecule has 134 valence electrons. The third kappa shape index (κ3) is 3.12. The average molecular weight is 369 g/mol. The van der Waals surface area contributed by atoms with Crippen molar-refractivity contribution < 1.29 is 31.9 Å². The molecule has 0 amide bonds. The number of furan rings is 1. The van der Waals surface area contributed by atoms with Gasteiger partial charge in [0.25, 0.3) is 0 Å². The fraction of sp³-hybridized carbons (Fsp3) is 0.312. The number of carboxylic acid groups (broad SMARTS) is 1. The summed E-state index contributed by atoms with van der Waals surface area (Å²) in [4.78, 5) is 11.0. The number of fused-ring (bicyclic) bond motifs is 1. The molecule has 1 atom stereocenters. The Hall–Kier alpha value is -2.39. The number of halogens is 1. The second kappa shape index (κ2) is 6.16. The van der Waals surface area contributed by atoms with Crippen molar-refractivity contribution in [2.75, 3.05) is 6.61 Å². The first kappa shape index (κ1) is 17.4. The smallest absolute Gasteiger partial charge is 0.340 e. The van der Waals surface area contributed by atoms with Crippen molar-refractivity contribution in [2.24, 2.45) is 0 Å². The average Bonchev–Trinajstić information content (AvgIpc) is 2.83. The summed E-state index contributed by atoms with van der Waals surface area (Å²) in [5, 5.41) is 9.30. The highest BCUT2D eigenvalue weighted by atomic mass is 32.2. The van der Waals surface area contributed by atoms with Crippen LogP contribution in [0.1, 0.15) is 39.9 Å². The largest absolute Gasteiger partial charge is 0.493 e. The van der Waals surface area contributed by atoms with Gasteiger partial charge in [0, 0.05) is 12.0 Å². The van der Waals surface area contributed by atoms with Gasteiger partial charge in [-0.25, -0.2) is 22.3 Å². The number of hydrogen-bond donors (Lipinski definition) is 2. The van der Waals surface area contributed by atoms with Gasteiger partial charge >= 0.3 is 5.97 Å². The number of carbonyl (C=O) groups is 1. The maximum absolute atomic E-state index is 13.5. The number of sulfonamides is 1. The SMILES string of the molecule is Cc1oc(C)c(S(=O)(=O)NC2CCOc3ccc(F)cc32)c1C(=O)O. The first-order chi connectivity index (χ1) is 11.7. The molecular weight excluding hydrogens is 353 g/mol. The molecule has 0 fully saturated rings. The molecule has 7 nitrogen and oxygen atoms in total. The van der Waals surface area contributed by atoms with Crippen LogP contribution in [0.2, 0.25) is 0 Å². The fourth-order valence-electron chi connectivity index (χ4n) is 2.97. The Morgan fingerprint density at radius 3 is 2.72 bits per heavy atom. The molecule has 1 aliphatic heterocycles. The van der Waals surface area contributed by atoms with Crippen molar-refractivity contribution in [1.29, 1.82) is 0 Å². The van der Waals surface area contributed by atoms with Crippen LogP contribution < -0.4 is 9.46 Å². The van der Waals surface area contributed by atoms with E-state index in [9.17, 15) is 22.7 Å². The maximum Gasteiger partial charge on any atom is 0.340 e. The van der Waals surface area contributed by atoms with Crippen LogP contribution in [-0.4, -0.2) is 26.1 Å². The van der Waals surface area contributed by atoms with E-state index in [4.69, 9.17) is 9.15 Å². The van der Waals surface area contributed by atoms with Crippen LogP contribution >= 0.6 is 0 Å². The molecule has 0 bridgehead atoms. The summed E-state index contributed by atoms with van der Waals surface area (Å²) in [5.74, 6) is -1.54. The number of nitrogens with one attached hydrogen (secondary N) is 1. The molecule has 3 rings (SSSR count). The van der Waals surface area contributed by atoms with Crippen molar-refractivity contribution in [3.05, 3.63) is 46.7 Å². The third-order valence-electron chi connectivity index (χ3n) is 4.00. The van der Waals surface area contributed by atoms with Crippen LogP contribution in [0.4, 0.5) is 4.39 Å². The molecular formula is C16H16FNO6S. The molecule has 9 heteroatoms. The lowest BCUT2D eigenvalue weighted by Crippen LogP contribution is -2.33. The number of rotatable bonds is 4. The second-order valence-electron chi connectivity index (χ2n) is 5.72. The van der Waals surface area contributed by atoms with Crippen LogP contribution in [0.3, 0.4) is 0 Å². The van der Waals surface area contributed by atoms with Gasteiger partial charge in [0.15, 0.2) is 0 Å². The van der Waals surface area contributed by atoms with Gasteiger partial charge in [-0.1, -0.05) is 0 Å². The molecule has 0 saturated heterocycles. The van der Waals surface area contributed by atoms with Crippen LogP contribution in [0, 0.1) is 19.7 Å². The van der Waals surface area contributed by atoms with Crippen LogP contribution in [0.5, 0.6) is 5.75 Å². The first-order valence-electron chi connectivity index (χ1n) is 7.48. The van der Waals surface area contributed by atoms with Gasteiger partial charge in [-0.05, 0) is 32.0 Å². The van der Waals surface area contributed by atoms with Gasteiger partial charge in [-0.3, -0.25) is 0 Å². The molecule has 2 aromatic rings. The second-order valence-corrected chi connectivity index (χ2v) is 7.37. The van der Waals surface area contributed by atoms with Gasteiger partial charge in [0.2, 0.25) is 10.0 Å². The minimum Gasteiger partial charge on any atom is -0.493 e. The summed E-state index contributed by atoms with van der Waals surface area (Å²) in [6.45, 7) is 3.02. The molecule has 1 aliphatic rings. The van der Waals surface area contributed by atoms with Crippen molar-refractivity contribution in [3.63, 3.8) is 0 Å². The molecule has 0 spiro atoms. The van der Waals surface area contributed by atoms with E-state index in [1.165, 1.54) is 32.0 Å². The Morgan fingerprint density at radius 2 is 2.04 bits per heavy atom. The summed E-state index contributed by atoms with van der Waals surface area (Å²) in [5.41, 5.74) is -0.0407. The first-order valence-corrected chi connectivity index (χ1v) is 8.97. The summed E-state index contributed by atoms with van der Waals surface area (Å²) in [6, 6.07) is 3.12. The van der Waals surface area contributed by atoms with Gasteiger partial charge in [0.05, 0.1) is 12.6 Å². The highest BCUT2D eigenvalue weighted by molar-refractivity contribution is 7.89. The van der Waals surface area contributed by atoms with E-state index in [1.54, 1.807) is 0 Å². The molecule has 0 saturated carbocycles. The Balaban J connectivity index is 2.03. The third-order valence-corrected chi connectivity index (χ3v) is 5.62. The number of hydrogen-bond acceptors (Lipinski definition) is 5. The van der Waals surface area contributed by atoms with Gasteiger partial charge in [-0.15, -0.1) is 0 Å². The zero-order chi connectivity index (χ0) is 18.4. The van der Waals surface area contributed by atoms with E-state index in [-0.39, 0.29) is 24.5 Å². The Bertz CT molecular complexity index is 950. The summed E-state index contributed by atoms with van der Waals surface area (Å²) < 4.78 is 52.1. The molecule has 1 unspecified atom stereocenters. The molecule has 0 aliphatic carbocycles. The van der Waals surface area contributed by atoms with Gasteiger partial charge in [-0.2, -0.15) is 0 Å². The number of aromatic carboxylic acids is 1. The van der Waals surface area contributed by atoms with Gasteiger partial charge in [0.1, 0.15) is 33.5 Å². The lowest BCUT2D eigenvalue weighted by Gasteiger charge is -2.26. The van der Waals surface area contributed by atoms with Crippen LogP contribution in [0.25, 0.3) is 0 Å². The van der Waals surface area contributed by atoms with E-state index >= 15 is 0 Å². The van der Waals surface area contributed by atoms with E-state index in [0.717, 1.165) is 0 Å². The van der Waals surface area contributed by atoms with Crippen molar-refractivity contribution in [3.8, 4) is 5.75 Å². The number of ether oxygens (including phenoxy) is 1.